The number of rotatable bonds is 48. The molecule has 374 valence electrons. The van der Waals surface area contributed by atoms with Gasteiger partial charge in [-0.1, -0.05) is 205 Å². The Morgan fingerprint density at radius 2 is 0.812 bits per heavy atom. The third kappa shape index (κ3) is 44.9. The maximum atomic E-state index is 12.8. The fraction of sp³-hybridized carbons (Fsp3) is 0.827. The average molecular weight is 927 g/mol. The summed E-state index contributed by atoms with van der Waals surface area (Å²) in [6.45, 7) is 4.50. The molecule has 0 aliphatic heterocycles. The van der Waals surface area contributed by atoms with E-state index in [0.717, 1.165) is 89.9 Å². The highest BCUT2D eigenvalue weighted by molar-refractivity contribution is 7.47. The van der Waals surface area contributed by atoms with Crippen LogP contribution in [0, 0.1) is 0 Å². The molecule has 11 nitrogen and oxygen atoms in total. The lowest BCUT2D eigenvalue weighted by Crippen LogP contribution is -2.30. The average Bonchev–Trinajstić information content (AvgIpc) is 3.28. The Hall–Kier alpha value is -2.30. The van der Waals surface area contributed by atoms with Crippen LogP contribution < -0.4 is 0 Å². The predicted molar refractivity (Wildman–Crippen MR) is 261 cm³/mol. The molecule has 12 heteroatoms. The van der Waals surface area contributed by atoms with Crippen LogP contribution >= 0.6 is 7.82 Å². The molecule has 64 heavy (non-hydrogen) atoms. The number of carbonyl (C=O) groups is 3. The van der Waals surface area contributed by atoms with Crippen LogP contribution in [0.25, 0.3) is 0 Å². The van der Waals surface area contributed by atoms with E-state index in [1.54, 1.807) is 0 Å². The Kier molecular flexibility index (Phi) is 45.5. The molecule has 0 aromatic carbocycles. The molecule has 0 fully saturated rings. The topological polar surface area (TPSA) is 155 Å². The first-order valence-corrected chi connectivity index (χ1v) is 27.4. The fourth-order valence-electron chi connectivity index (χ4n) is 7.14. The zero-order chi connectivity index (χ0) is 47.0. The van der Waals surface area contributed by atoms with Crippen molar-refractivity contribution in [3.05, 3.63) is 36.5 Å². The lowest BCUT2D eigenvalue weighted by Gasteiger charge is -2.21. The van der Waals surface area contributed by atoms with Gasteiger partial charge in [-0.05, 0) is 51.4 Å². The van der Waals surface area contributed by atoms with Gasteiger partial charge in [-0.25, -0.2) is 4.57 Å². The summed E-state index contributed by atoms with van der Waals surface area (Å²) in [5.74, 6) is -1.47. The van der Waals surface area contributed by atoms with Crippen molar-refractivity contribution in [3.8, 4) is 0 Å². The van der Waals surface area contributed by atoms with Gasteiger partial charge in [-0.2, -0.15) is 0 Å². The summed E-state index contributed by atoms with van der Waals surface area (Å²) >= 11 is 0. The molecule has 3 atom stereocenters. The second kappa shape index (κ2) is 47.2. The van der Waals surface area contributed by atoms with E-state index in [-0.39, 0.29) is 25.9 Å². The third-order valence-electron chi connectivity index (χ3n) is 11.1. The van der Waals surface area contributed by atoms with Crippen LogP contribution in [0.2, 0.25) is 0 Å². The summed E-state index contributed by atoms with van der Waals surface area (Å²) in [5, 5.41) is 9.75. The maximum absolute atomic E-state index is 12.8. The lowest BCUT2D eigenvalue weighted by molar-refractivity contribution is -0.161. The van der Waals surface area contributed by atoms with Crippen molar-refractivity contribution in [2.75, 3.05) is 26.4 Å². The monoisotopic (exact) mass is 927 g/mol. The highest BCUT2D eigenvalue weighted by Crippen LogP contribution is 2.43. The Morgan fingerprint density at radius 3 is 1.25 bits per heavy atom. The van der Waals surface area contributed by atoms with Crippen LogP contribution in [0.3, 0.4) is 0 Å². The summed E-state index contributed by atoms with van der Waals surface area (Å²) in [6, 6.07) is 0. The van der Waals surface area contributed by atoms with E-state index in [1.165, 1.54) is 89.9 Å². The number of hydrogen-bond donors (Lipinski definition) is 2. The van der Waals surface area contributed by atoms with E-state index in [2.05, 4.69) is 57.2 Å². The molecule has 0 radical (unpaired) electrons. The smallest absolute Gasteiger partial charge is 0.462 e. The zero-order valence-electron chi connectivity index (χ0n) is 41.0. The molecule has 0 saturated heterocycles. The summed E-state index contributed by atoms with van der Waals surface area (Å²) < 4.78 is 39.3. The van der Waals surface area contributed by atoms with Gasteiger partial charge in [0.2, 0.25) is 0 Å². The van der Waals surface area contributed by atoms with E-state index in [9.17, 15) is 28.9 Å². The minimum atomic E-state index is -4.73. The summed E-state index contributed by atoms with van der Waals surface area (Å²) in [5.41, 5.74) is 0. The van der Waals surface area contributed by atoms with Gasteiger partial charge in [0.25, 0.3) is 0 Å². The number of aliphatic hydroxyl groups is 1. The highest BCUT2D eigenvalue weighted by Gasteiger charge is 2.28. The maximum Gasteiger partial charge on any atom is 0.472 e. The molecule has 0 rings (SSSR count). The van der Waals surface area contributed by atoms with Gasteiger partial charge < -0.3 is 24.2 Å². The quantitative estimate of drug-likeness (QED) is 0.0197. The minimum Gasteiger partial charge on any atom is -0.462 e. The third-order valence-corrected chi connectivity index (χ3v) is 12.0. The number of allylic oxidation sites excluding steroid dienone is 6. The van der Waals surface area contributed by atoms with Crippen molar-refractivity contribution in [1.29, 1.82) is 0 Å². The van der Waals surface area contributed by atoms with Crippen LogP contribution in [0.1, 0.15) is 239 Å². The summed E-state index contributed by atoms with van der Waals surface area (Å²) in [7, 11) is -4.73. The molecular formula is C52H95O11P. The standard InChI is InChI=1S/C52H95O11P/c1-4-7-10-13-16-19-22-23-24-25-28-29-32-35-38-41-50(54)59-45-49(63-52(56)43-40-37-34-31-27-21-18-15-12-9-6-3)47-61-64(57,58)60-46-48(44-53)62-51(55)42-39-36-33-30-26-20-17-14-11-8-5-2/h7,10,16,19,23-24,48-49,53H,4-6,8-9,11-15,17-18,20-22,25-47H2,1-3H3,(H,57,58)/b10-7-,19-16-,24-23-. The van der Waals surface area contributed by atoms with Gasteiger partial charge in [-0.3, -0.25) is 23.4 Å². The van der Waals surface area contributed by atoms with E-state index < -0.39 is 57.8 Å². The molecule has 0 spiro atoms. The Balaban J connectivity index is 4.73. The van der Waals surface area contributed by atoms with Crippen molar-refractivity contribution in [3.63, 3.8) is 0 Å². The van der Waals surface area contributed by atoms with Crippen LogP contribution in [-0.2, 0) is 42.2 Å². The van der Waals surface area contributed by atoms with E-state index in [4.69, 9.17) is 23.3 Å². The molecule has 0 bridgehead atoms. The molecular weight excluding hydrogens is 832 g/mol. The first kappa shape index (κ1) is 61.7. The second-order valence-electron chi connectivity index (χ2n) is 17.3. The Bertz CT molecular complexity index is 1220. The van der Waals surface area contributed by atoms with Gasteiger partial charge in [0.15, 0.2) is 6.10 Å². The molecule has 0 heterocycles. The molecule has 0 amide bonds. The number of phosphoric ester groups is 1. The Labute approximate surface area is 390 Å². The SMILES string of the molecule is CC/C=C\C/C=C\C/C=C\CCCCCCCC(=O)OCC(COP(=O)(O)OCC(CO)OC(=O)CCCCCCCCCCCCC)OC(=O)CCCCCCCCCCCCC. The van der Waals surface area contributed by atoms with Gasteiger partial charge in [0.1, 0.15) is 12.7 Å². The fourth-order valence-corrected chi connectivity index (χ4v) is 7.92. The molecule has 0 aromatic rings. The Morgan fingerprint density at radius 1 is 0.453 bits per heavy atom. The lowest BCUT2D eigenvalue weighted by atomic mass is 10.1. The van der Waals surface area contributed by atoms with Crippen molar-refractivity contribution in [1.82, 2.24) is 0 Å². The van der Waals surface area contributed by atoms with Gasteiger partial charge in [-0.15, -0.1) is 0 Å². The summed E-state index contributed by atoms with van der Waals surface area (Å²) in [6.07, 6.45) is 45.4. The van der Waals surface area contributed by atoms with Gasteiger partial charge in [0, 0.05) is 19.3 Å². The van der Waals surface area contributed by atoms with Crippen molar-refractivity contribution in [2.24, 2.45) is 0 Å². The molecule has 3 unspecified atom stereocenters. The highest BCUT2D eigenvalue weighted by atomic mass is 31.2. The normalized spacial score (nSPS) is 13.8. The molecule has 2 N–H and O–H groups in total. The number of unbranched alkanes of at least 4 members (excludes halogenated alkanes) is 25. The number of hydrogen-bond acceptors (Lipinski definition) is 10. The number of aliphatic hydroxyl groups excluding tert-OH is 1. The number of ether oxygens (including phenoxy) is 3. The first-order valence-electron chi connectivity index (χ1n) is 25.9. The minimum absolute atomic E-state index is 0.168. The number of phosphoric acid groups is 1. The van der Waals surface area contributed by atoms with E-state index in [1.807, 2.05) is 0 Å². The van der Waals surface area contributed by atoms with Crippen molar-refractivity contribution in [2.45, 2.75) is 251 Å². The predicted octanol–water partition coefficient (Wildman–Crippen LogP) is 14.5. The molecule has 0 aromatic heterocycles. The van der Waals surface area contributed by atoms with Crippen LogP contribution in [-0.4, -0.2) is 66.5 Å². The van der Waals surface area contributed by atoms with E-state index >= 15 is 0 Å². The largest absolute Gasteiger partial charge is 0.472 e. The molecule has 0 saturated carbocycles. The van der Waals surface area contributed by atoms with Gasteiger partial charge in [0.05, 0.1) is 19.8 Å². The van der Waals surface area contributed by atoms with E-state index in [0.29, 0.717) is 19.3 Å². The van der Waals surface area contributed by atoms with Gasteiger partial charge >= 0.3 is 25.7 Å². The molecule has 0 aliphatic carbocycles. The molecule has 0 aliphatic rings. The summed E-state index contributed by atoms with van der Waals surface area (Å²) in [4.78, 5) is 48.2. The van der Waals surface area contributed by atoms with Crippen LogP contribution in [0.15, 0.2) is 36.5 Å². The van der Waals surface area contributed by atoms with Crippen LogP contribution in [0.5, 0.6) is 0 Å². The first-order chi connectivity index (χ1) is 31.2. The van der Waals surface area contributed by atoms with Crippen LogP contribution in [0.4, 0.5) is 0 Å². The van der Waals surface area contributed by atoms with Crippen molar-refractivity contribution < 1.29 is 52.2 Å². The van der Waals surface area contributed by atoms with Crippen molar-refractivity contribution >= 4 is 25.7 Å². The zero-order valence-corrected chi connectivity index (χ0v) is 41.9. The number of esters is 3. The number of carbonyl (C=O) groups excluding carboxylic acids is 3. The second-order valence-corrected chi connectivity index (χ2v) is 18.8.